The molecule has 156 valence electrons. The Kier molecular flexibility index (Phi) is 8.81. The van der Waals surface area contributed by atoms with Crippen molar-refractivity contribution >= 4 is 27.8 Å². The van der Waals surface area contributed by atoms with E-state index >= 15 is 0 Å². The molecular weight excluding hydrogens is 382 g/mol. The summed E-state index contributed by atoms with van der Waals surface area (Å²) in [6.07, 6.45) is 2.29. The minimum Gasteiger partial charge on any atom is -0.459 e. The number of alkyl carbamates (subject to hydrolysis) is 1. The molecule has 1 rings (SSSR count). The number of carbonyl (C=O) groups is 3. The number of benzene rings is 1. The van der Waals surface area contributed by atoms with Gasteiger partial charge in [-0.2, -0.15) is 0 Å². The zero-order valence-electron chi connectivity index (χ0n) is 17.2. The molecule has 0 aliphatic carbocycles. The number of hydrogen-bond acceptors (Lipinski definition) is 6. The maximum absolute atomic E-state index is 12.5. The largest absolute Gasteiger partial charge is 0.459 e. The summed E-state index contributed by atoms with van der Waals surface area (Å²) < 4.78 is 22.2. The monoisotopic (exact) mass is 412 g/mol. The molecule has 0 aromatic heterocycles. The van der Waals surface area contributed by atoms with Gasteiger partial charge in [-0.05, 0) is 32.8 Å². The summed E-state index contributed by atoms with van der Waals surface area (Å²) in [6, 6.07) is 8.09. The summed E-state index contributed by atoms with van der Waals surface area (Å²) in [5.41, 5.74) is 0.0774. The molecule has 1 amide bonds. The normalized spacial score (nSPS) is 12.8. The lowest BCUT2D eigenvalue weighted by molar-refractivity contribution is -0.147. The van der Waals surface area contributed by atoms with Gasteiger partial charge in [0.15, 0.2) is 11.5 Å². The second-order valence-electron chi connectivity index (χ2n) is 7.95. The van der Waals surface area contributed by atoms with Crippen molar-refractivity contribution in [1.29, 1.82) is 0 Å². The number of hydrogen-bond donors (Lipinski definition) is 1. The predicted molar refractivity (Wildman–Crippen MR) is 108 cm³/mol. The van der Waals surface area contributed by atoms with Crippen LogP contribution < -0.4 is 5.32 Å². The fraction of sp³-hybridized carbons (Fsp3) is 0.550. The van der Waals surface area contributed by atoms with E-state index < -0.39 is 33.6 Å². The Morgan fingerprint density at radius 2 is 1.71 bits per heavy atom. The lowest BCUT2D eigenvalue weighted by Gasteiger charge is -2.23. The van der Waals surface area contributed by atoms with E-state index in [1.54, 1.807) is 20.8 Å². The van der Waals surface area contributed by atoms with Crippen LogP contribution >= 0.6 is 0 Å². The van der Waals surface area contributed by atoms with Crippen LogP contribution in [0.5, 0.6) is 0 Å². The predicted octanol–water partition coefficient (Wildman–Crippen LogP) is 2.73. The Morgan fingerprint density at radius 1 is 1.11 bits per heavy atom. The Morgan fingerprint density at radius 3 is 2.25 bits per heavy atom. The first-order valence-corrected chi connectivity index (χ1v) is 11.5. The van der Waals surface area contributed by atoms with E-state index in [2.05, 4.69) is 5.32 Å². The van der Waals surface area contributed by atoms with Crippen LogP contribution in [0.15, 0.2) is 30.3 Å². The average Bonchev–Trinajstić information content (AvgIpc) is 2.54. The lowest BCUT2D eigenvalue weighted by Crippen LogP contribution is -2.44. The first-order chi connectivity index (χ1) is 12.9. The molecular formula is C20H30NO6S+. The number of carbonyl (C=O) groups excluding carboxylic acids is 3. The SMILES string of the molecule is CC(C)(C)OC(=O)N[C@@H](CCC(=O)C[S+](C)(C)=O)C(=O)OCc1ccccc1. The van der Waals surface area contributed by atoms with Crippen LogP contribution in [0.1, 0.15) is 39.2 Å². The van der Waals surface area contributed by atoms with Crippen molar-refractivity contribution in [3.8, 4) is 0 Å². The summed E-state index contributed by atoms with van der Waals surface area (Å²) in [5, 5.41) is 2.47. The van der Waals surface area contributed by atoms with Crippen molar-refractivity contribution in [2.45, 2.75) is 51.9 Å². The number of esters is 1. The zero-order valence-corrected chi connectivity index (χ0v) is 18.0. The summed E-state index contributed by atoms with van der Waals surface area (Å²) >= 11 is 0. The molecule has 0 aliphatic heterocycles. The van der Waals surface area contributed by atoms with E-state index in [-0.39, 0.29) is 31.0 Å². The van der Waals surface area contributed by atoms with Crippen molar-refractivity contribution in [2.75, 3.05) is 18.3 Å². The van der Waals surface area contributed by atoms with Gasteiger partial charge in [0.05, 0.1) is 9.93 Å². The van der Waals surface area contributed by atoms with Crippen molar-refractivity contribution in [3.05, 3.63) is 35.9 Å². The highest BCUT2D eigenvalue weighted by Gasteiger charge is 2.27. The van der Waals surface area contributed by atoms with Gasteiger partial charge in [0.2, 0.25) is 0 Å². The van der Waals surface area contributed by atoms with Gasteiger partial charge in [-0.25, -0.2) is 9.59 Å². The molecule has 0 unspecified atom stereocenters. The Labute approximate surface area is 167 Å². The van der Waals surface area contributed by atoms with Gasteiger partial charge in [0, 0.05) is 6.42 Å². The van der Waals surface area contributed by atoms with Crippen LogP contribution in [0.4, 0.5) is 4.79 Å². The minimum absolute atomic E-state index is 0.000425. The molecule has 0 fully saturated rings. The number of ketones is 1. The fourth-order valence-electron chi connectivity index (χ4n) is 2.29. The van der Waals surface area contributed by atoms with E-state index in [0.717, 1.165) is 5.56 Å². The summed E-state index contributed by atoms with van der Waals surface area (Å²) in [5.74, 6) is -0.955. The van der Waals surface area contributed by atoms with Crippen LogP contribution in [-0.2, 0) is 39.8 Å². The second kappa shape index (κ2) is 10.4. The Balaban J connectivity index is 2.72. The number of nitrogens with one attached hydrogen (secondary N) is 1. The maximum atomic E-state index is 12.5. The second-order valence-corrected chi connectivity index (χ2v) is 11.1. The highest BCUT2D eigenvalue weighted by Crippen LogP contribution is 2.10. The summed E-state index contributed by atoms with van der Waals surface area (Å²) in [7, 11) is -2.21. The number of ether oxygens (including phenoxy) is 2. The topological polar surface area (TPSA) is 98.8 Å². The highest BCUT2D eigenvalue weighted by atomic mass is 32.2. The van der Waals surface area contributed by atoms with E-state index in [4.69, 9.17) is 9.47 Å². The molecule has 7 nitrogen and oxygen atoms in total. The molecule has 1 aromatic carbocycles. The first-order valence-electron chi connectivity index (χ1n) is 8.99. The van der Waals surface area contributed by atoms with Crippen molar-refractivity contribution < 1.29 is 28.1 Å². The number of rotatable bonds is 9. The van der Waals surface area contributed by atoms with E-state index in [9.17, 15) is 18.6 Å². The molecule has 1 atom stereocenters. The van der Waals surface area contributed by atoms with Crippen LogP contribution in [0.2, 0.25) is 0 Å². The lowest BCUT2D eigenvalue weighted by atomic mass is 10.1. The molecule has 0 radical (unpaired) electrons. The number of Topliss-reactive ketones (excluding diaryl/α,β-unsaturated/α-hetero) is 1. The zero-order chi connectivity index (χ0) is 21.4. The van der Waals surface area contributed by atoms with Crippen molar-refractivity contribution in [1.82, 2.24) is 5.32 Å². The third kappa shape index (κ3) is 10.8. The Hall–Kier alpha value is -2.22. The maximum Gasteiger partial charge on any atom is 0.408 e. The van der Waals surface area contributed by atoms with Gasteiger partial charge >= 0.3 is 12.1 Å². The minimum atomic E-state index is -2.21. The molecule has 1 aromatic rings. The third-order valence-corrected chi connectivity index (χ3v) is 4.44. The van der Waals surface area contributed by atoms with Crippen LogP contribution in [0.25, 0.3) is 0 Å². The van der Waals surface area contributed by atoms with Crippen molar-refractivity contribution in [3.63, 3.8) is 0 Å². The molecule has 0 spiro atoms. The van der Waals surface area contributed by atoms with Crippen molar-refractivity contribution in [2.24, 2.45) is 0 Å². The summed E-state index contributed by atoms with van der Waals surface area (Å²) in [4.78, 5) is 36.5. The average molecular weight is 413 g/mol. The van der Waals surface area contributed by atoms with Crippen LogP contribution in [-0.4, -0.2) is 47.8 Å². The van der Waals surface area contributed by atoms with Gasteiger partial charge in [-0.15, -0.1) is 4.21 Å². The smallest absolute Gasteiger partial charge is 0.408 e. The van der Waals surface area contributed by atoms with Gasteiger partial charge in [-0.3, -0.25) is 4.79 Å². The molecule has 0 aliphatic rings. The third-order valence-electron chi connectivity index (χ3n) is 3.42. The van der Waals surface area contributed by atoms with Crippen LogP contribution in [0.3, 0.4) is 0 Å². The molecule has 1 N–H and O–H groups in total. The van der Waals surface area contributed by atoms with Gasteiger partial charge in [0.1, 0.15) is 30.8 Å². The molecule has 0 bridgehead atoms. The first kappa shape index (κ1) is 23.8. The van der Waals surface area contributed by atoms with Gasteiger partial charge < -0.3 is 14.8 Å². The molecule has 8 heteroatoms. The Bertz CT molecular complexity index is 720. The van der Waals surface area contributed by atoms with E-state index in [1.807, 2.05) is 30.3 Å². The number of amides is 1. The highest BCUT2D eigenvalue weighted by molar-refractivity contribution is 8.02. The van der Waals surface area contributed by atoms with E-state index in [0.29, 0.717) is 0 Å². The molecule has 0 saturated heterocycles. The van der Waals surface area contributed by atoms with Crippen LogP contribution in [0, 0.1) is 0 Å². The van der Waals surface area contributed by atoms with E-state index in [1.165, 1.54) is 12.5 Å². The van der Waals surface area contributed by atoms with Gasteiger partial charge in [-0.1, -0.05) is 30.3 Å². The summed E-state index contributed by atoms with van der Waals surface area (Å²) in [6.45, 7) is 5.17. The fourth-order valence-corrected chi connectivity index (χ4v) is 3.21. The van der Waals surface area contributed by atoms with Gasteiger partial charge in [0.25, 0.3) is 0 Å². The quantitative estimate of drug-likeness (QED) is 0.495. The molecule has 28 heavy (non-hydrogen) atoms. The molecule has 0 heterocycles. The standard InChI is InChI=1S/C20H29NO6S/c1-20(2,3)27-19(24)21-17(12-11-16(22)14-28(4,5)25)18(23)26-13-15-9-7-6-8-10-15/h6-10,17H,11-14H2,1-5H3/p+1/t17-/m0/s1. The molecule has 0 saturated carbocycles.